The van der Waals surface area contributed by atoms with Gasteiger partial charge in [-0.05, 0) is 60.9 Å². The van der Waals surface area contributed by atoms with Gasteiger partial charge in [-0.3, -0.25) is 9.36 Å². The molecule has 2 aromatic heterocycles. The van der Waals surface area contributed by atoms with Crippen molar-refractivity contribution in [3.63, 3.8) is 0 Å². The van der Waals surface area contributed by atoms with Gasteiger partial charge >= 0.3 is 13.8 Å². The summed E-state index contributed by atoms with van der Waals surface area (Å²) < 4.78 is 58.6. The average molecular weight is 623 g/mol. The minimum Gasteiger partial charge on any atom is -0.480 e. The van der Waals surface area contributed by atoms with Gasteiger partial charge in [-0.15, -0.1) is 0 Å². The number of carbonyl (C=O) groups excluding carboxylic acids is 1. The Morgan fingerprint density at radius 3 is 2.42 bits per heavy atom. The maximum absolute atomic E-state index is 14.0. The summed E-state index contributed by atoms with van der Waals surface area (Å²) in [6.07, 6.45) is -2.43. The molecule has 0 bridgehead atoms. The number of nitrogens with one attached hydrogen (secondary N) is 2. The summed E-state index contributed by atoms with van der Waals surface area (Å²) in [4.78, 5) is 45.0. The molecular formula is C27H30F3N6O6P. The molecule has 3 heterocycles. The summed E-state index contributed by atoms with van der Waals surface area (Å²) in [5.41, 5.74) is 1.17. The lowest BCUT2D eigenvalue weighted by atomic mass is 9.80. The van der Waals surface area contributed by atoms with Crippen molar-refractivity contribution in [2.75, 3.05) is 24.8 Å². The van der Waals surface area contributed by atoms with Crippen LogP contribution in [0.25, 0.3) is 0 Å². The lowest BCUT2D eigenvalue weighted by Gasteiger charge is -2.27. The van der Waals surface area contributed by atoms with Crippen molar-refractivity contribution in [3.05, 3.63) is 58.4 Å². The fraction of sp³-hybridized carbons (Fsp3) is 0.407. The first kappa shape index (κ1) is 30.7. The number of hydrogen-bond acceptors (Lipinski definition) is 9. The molecule has 1 aliphatic carbocycles. The number of aromatic nitrogens is 3. The second kappa shape index (κ2) is 11.7. The molecule has 43 heavy (non-hydrogen) atoms. The number of ether oxygens (including phenoxy) is 1. The third-order valence-electron chi connectivity index (χ3n) is 7.51. The van der Waals surface area contributed by atoms with Crippen molar-refractivity contribution in [1.82, 2.24) is 19.9 Å². The minimum absolute atomic E-state index is 0.0442. The Morgan fingerprint density at radius 2 is 1.77 bits per heavy atom. The number of methoxy groups -OCH3 is 1. The van der Waals surface area contributed by atoms with E-state index >= 15 is 0 Å². The second-order valence-corrected chi connectivity index (χ2v) is 12.3. The first-order valence-electron chi connectivity index (χ1n) is 13.4. The summed E-state index contributed by atoms with van der Waals surface area (Å²) in [7, 11) is -1.51. The Kier molecular flexibility index (Phi) is 8.36. The number of carbonyl (C=O) groups is 1. The van der Waals surface area contributed by atoms with Crippen molar-refractivity contribution >= 4 is 36.6 Å². The Bertz CT molecular complexity index is 1590. The first-order chi connectivity index (χ1) is 20.2. The van der Waals surface area contributed by atoms with E-state index in [0.717, 1.165) is 24.0 Å². The van der Waals surface area contributed by atoms with Crippen LogP contribution >= 0.6 is 7.60 Å². The van der Waals surface area contributed by atoms with Gasteiger partial charge < -0.3 is 35.2 Å². The zero-order chi connectivity index (χ0) is 31.1. The molecule has 0 radical (unpaired) electrons. The number of aliphatic hydroxyl groups is 1. The molecule has 0 unspecified atom stereocenters. The van der Waals surface area contributed by atoms with Crippen LogP contribution in [0.4, 0.5) is 36.3 Å². The highest BCUT2D eigenvalue weighted by atomic mass is 31.2. The molecule has 0 atom stereocenters. The maximum Gasteiger partial charge on any atom is 0.421 e. The number of aliphatic hydroxyl groups excluding tert-OH is 1. The Balaban J connectivity index is 1.50. The molecule has 16 heteroatoms. The van der Waals surface area contributed by atoms with Crippen LogP contribution in [0, 0.1) is 0 Å². The van der Waals surface area contributed by atoms with Crippen LogP contribution in [0.2, 0.25) is 0 Å². The van der Waals surface area contributed by atoms with Gasteiger partial charge in [0.15, 0.2) is 0 Å². The highest BCUT2D eigenvalue weighted by molar-refractivity contribution is 7.50. The van der Waals surface area contributed by atoms with E-state index in [9.17, 15) is 37.4 Å². The molecule has 0 saturated heterocycles. The number of benzene rings is 1. The second-order valence-electron chi connectivity index (χ2n) is 10.6. The van der Waals surface area contributed by atoms with Gasteiger partial charge in [0, 0.05) is 19.8 Å². The number of alkyl halides is 3. The van der Waals surface area contributed by atoms with Crippen LogP contribution < -0.4 is 15.4 Å². The quantitative estimate of drug-likeness (QED) is 0.221. The molecule has 3 aromatic rings. The van der Waals surface area contributed by atoms with Gasteiger partial charge in [-0.25, -0.2) is 9.97 Å². The molecular weight excluding hydrogens is 592 g/mol. The number of nitrogens with zero attached hydrogens (tertiary/aromatic N) is 4. The minimum atomic E-state index is -4.82. The van der Waals surface area contributed by atoms with Crippen molar-refractivity contribution in [3.8, 4) is 5.88 Å². The van der Waals surface area contributed by atoms with Gasteiger partial charge in [0.2, 0.25) is 11.8 Å². The number of amides is 1. The summed E-state index contributed by atoms with van der Waals surface area (Å²) >= 11 is 0. The first-order valence-corrected chi connectivity index (χ1v) is 15.2. The van der Waals surface area contributed by atoms with E-state index in [4.69, 9.17) is 4.74 Å². The van der Waals surface area contributed by atoms with Crippen LogP contribution in [0.3, 0.4) is 0 Å². The van der Waals surface area contributed by atoms with Gasteiger partial charge in [0.1, 0.15) is 17.1 Å². The standard InChI is InChI=1S/C27H30F3N6O6P/c1-36-12-18-17(14-3-6-16(37)7-4-14)8-10-20(22(18)25(36)38)33-23-19(27(28,29)30)11-31-26(35-23)34-21-9-5-15(13-43(39,40)41)32-24(21)42-2/h5,8-11,14,16,37H,3-4,6-7,12-13H2,1-2H3,(H2,39,40,41)(H2,31,33,34,35)/t14-,16-. The van der Waals surface area contributed by atoms with Crippen LogP contribution in [0.1, 0.15) is 64.3 Å². The van der Waals surface area contributed by atoms with Crippen LogP contribution in [-0.4, -0.2) is 60.9 Å². The third-order valence-corrected chi connectivity index (χ3v) is 8.25. The number of hydrogen-bond donors (Lipinski definition) is 5. The highest BCUT2D eigenvalue weighted by Gasteiger charge is 2.37. The fourth-order valence-corrected chi connectivity index (χ4v) is 6.07. The zero-order valence-corrected chi connectivity index (χ0v) is 24.1. The molecule has 230 valence electrons. The zero-order valence-electron chi connectivity index (χ0n) is 23.2. The number of pyridine rings is 1. The van der Waals surface area contributed by atoms with Crippen molar-refractivity contribution < 1.29 is 42.2 Å². The fourth-order valence-electron chi connectivity index (χ4n) is 5.47. The van der Waals surface area contributed by atoms with Crippen molar-refractivity contribution in [2.24, 2.45) is 0 Å². The van der Waals surface area contributed by atoms with Gasteiger partial charge in [0.05, 0.1) is 36.3 Å². The highest BCUT2D eigenvalue weighted by Crippen LogP contribution is 2.43. The maximum atomic E-state index is 14.0. The van der Waals surface area contributed by atoms with E-state index in [2.05, 4.69) is 25.6 Å². The molecule has 5 N–H and O–H groups in total. The monoisotopic (exact) mass is 622 g/mol. The van der Waals surface area contributed by atoms with E-state index in [1.54, 1.807) is 13.1 Å². The third kappa shape index (κ3) is 6.74. The molecule has 2 aliphatic rings. The predicted octanol–water partition coefficient (Wildman–Crippen LogP) is 4.67. The van der Waals surface area contributed by atoms with E-state index < -0.39 is 31.3 Å². The molecule has 0 spiro atoms. The van der Waals surface area contributed by atoms with Crippen LogP contribution in [0.5, 0.6) is 5.88 Å². The topological polar surface area (TPSA) is 170 Å². The van der Waals surface area contributed by atoms with Gasteiger partial charge in [-0.2, -0.15) is 18.2 Å². The normalized spacial score (nSPS) is 18.9. The number of halogens is 3. The average Bonchev–Trinajstić information content (AvgIpc) is 3.23. The molecule has 12 nitrogen and oxygen atoms in total. The predicted molar refractivity (Wildman–Crippen MR) is 150 cm³/mol. The Labute approximate surface area is 244 Å². The summed E-state index contributed by atoms with van der Waals surface area (Å²) in [5, 5.41) is 15.4. The number of anilines is 4. The molecule has 1 aromatic carbocycles. The largest absolute Gasteiger partial charge is 0.480 e. The number of fused-ring (bicyclic) bond motifs is 1. The molecule has 5 rings (SSSR count). The summed E-state index contributed by atoms with van der Waals surface area (Å²) in [6.45, 7) is 0.311. The lowest BCUT2D eigenvalue weighted by Crippen LogP contribution is -2.18. The van der Waals surface area contributed by atoms with Gasteiger partial charge in [-0.1, -0.05) is 6.07 Å². The summed E-state index contributed by atoms with van der Waals surface area (Å²) in [6, 6.07) is 6.11. The Hall–Kier alpha value is -3.78. The van der Waals surface area contributed by atoms with Crippen LogP contribution in [0.15, 0.2) is 30.5 Å². The van der Waals surface area contributed by atoms with Crippen molar-refractivity contribution in [1.29, 1.82) is 0 Å². The van der Waals surface area contributed by atoms with Gasteiger partial charge in [0.25, 0.3) is 5.91 Å². The molecule has 1 amide bonds. The molecule has 1 fully saturated rings. The molecule has 1 aliphatic heterocycles. The van der Waals surface area contributed by atoms with E-state index in [-0.39, 0.29) is 52.4 Å². The number of rotatable bonds is 8. The van der Waals surface area contributed by atoms with Crippen molar-refractivity contribution in [2.45, 2.75) is 56.6 Å². The SMILES string of the molecule is COc1nc(CP(=O)(O)O)ccc1Nc1ncc(C(F)(F)F)c(Nc2ccc([C@H]3CC[C@H](O)CC3)c3c2C(=O)N(C)C3)n1. The van der Waals surface area contributed by atoms with E-state index in [1.165, 1.54) is 24.1 Å². The van der Waals surface area contributed by atoms with Crippen LogP contribution in [-0.2, 0) is 23.4 Å². The smallest absolute Gasteiger partial charge is 0.421 e. The summed E-state index contributed by atoms with van der Waals surface area (Å²) in [5.74, 6) is -1.13. The Morgan fingerprint density at radius 1 is 1.07 bits per heavy atom. The lowest BCUT2D eigenvalue weighted by molar-refractivity contribution is -0.137. The molecule has 1 saturated carbocycles. The van der Waals surface area contributed by atoms with E-state index in [0.29, 0.717) is 25.6 Å². The van der Waals surface area contributed by atoms with E-state index in [1.807, 2.05) is 6.07 Å².